The van der Waals surface area contributed by atoms with Crippen LogP contribution in [0.4, 0.5) is 0 Å². The highest BCUT2D eigenvalue weighted by Gasteiger charge is 2.27. The van der Waals surface area contributed by atoms with Crippen LogP contribution in [0.25, 0.3) is 0 Å². The first kappa shape index (κ1) is 9.95. The highest BCUT2D eigenvalue weighted by Crippen LogP contribution is 2.27. The Kier molecular flexibility index (Phi) is 2.76. The molecule has 0 spiro atoms. The fourth-order valence-corrected chi connectivity index (χ4v) is 2.55. The number of esters is 1. The van der Waals surface area contributed by atoms with Gasteiger partial charge in [0.05, 0.1) is 13.0 Å². The van der Waals surface area contributed by atoms with Crippen LogP contribution in [-0.2, 0) is 22.4 Å². The van der Waals surface area contributed by atoms with Crippen LogP contribution in [0.15, 0.2) is 0 Å². The molecule has 0 fully saturated rings. The predicted molar refractivity (Wildman–Crippen MR) is 58.8 cm³/mol. The SMILES string of the molecule is COC(=O)[C@@H]1CCc2c(I)n[nH]c2C1. The summed E-state index contributed by atoms with van der Waals surface area (Å²) >= 11 is 2.21. The second-order valence-corrected chi connectivity index (χ2v) is 4.46. The summed E-state index contributed by atoms with van der Waals surface area (Å²) in [6.45, 7) is 0. The van der Waals surface area contributed by atoms with E-state index in [1.54, 1.807) is 0 Å². The van der Waals surface area contributed by atoms with Crippen LogP contribution in [0.1, 0.15) is 17.7 Å². The van der Waals surface area contributed by atoms with Gasteiger partial charge in [0.25, 0.3) is 0 Å². The summed E-state index contributed by atoms with van der Waals surface area (Å²) < 4.78 is 5.77. The molecule has 2 rings (SSSR count). The van der Waals surface area contributed by atoms with Crippen molar-refractivity contribution in [3.05, 3.63) is 15.0 Å². The molecule has 1 aliphatic rings. The summed E-state index contributed by atoms with van der Waals surface area (Å²) in [5, 5.41) is 7.10. The van der Waals surface area contributed by atoms with E-state index in [-0.39, 0.29) is 11.9 Å². The van der Waals surface area contributed by atoms with Gasteiger partial charge in [0, 0.05) is 17.7 Å². The van der Waals surface area contributed by atoms with Crippen molar-refractivity contribution in [2.24, 2.45) is 5.92 Å². The number of hydrogen-bond donors (Lipinski definition) is 1. The van der Waals surface area contributed by atoms with Gasteiger partial charge < -0.3 is 4.74 Å². The lowest BCUT2D eigenvalue weighted by atomic mass is 9.88. The lowest BCUT2D eigenvalue weighted by molar-refractivity contribution is -0.145. The number of carbonyl (C=O) groups is 1. The summed E-state index contributed by atoms with van der Waals surface area (Å²) in [7, 11) is 1.44. The molecule has 1 aliphatic carbocycles. The van der Waals surface area contributed by atoms with Gasteiger partial charge in [-0.1, -0.05) is 0 Å². The quantitative estimate of drug-likeness (QED) is 0.628. The molecule has 76 valence electrons. The van der Waals surface area contributed by atoms with E-state index < -0.39 is 0 Å². The molecule has 1 heterocycles. The lowest BCUT2D eigenvalue weighted by Gasteiger charge is -2.19. The van der Waals surface area contributed by atoms with Crippen LogP contribution in [-0.4, -0.2) is 23.3 Å². The Labute approximate surface area is 95.5 Å². The maximum Gasteiger partial charge on any atom is 0.309 e. The number of H-pyrrole nitrogens is 1. The number of ether oxygens (including phenoxy) is 1. The van der Waals surface area contributed by atoms with Gasteiger partial charge in [-0.3, -0.25) is 9.89 Å². The Morgan fingerprint density at radius 1 is 1.71 bits per heavy atom. The maximum absolute atomic E-state index is 11.3. The lowest BCUT2D eigenvalue weighted by Crippen LogP contribution is -2.23. The smallest absolute Gasteiger partial charge is 0.309 e. The Hall–Kier alpha value is -0.590. The molecule has 1 aromatic heterocycles. The molecule has 1 atom stereocenters. The molecule has 0 saturated heterocycles. The Morgan fingerprint density at radius 3 is 3.21 bits per heavy atom. The van der Waals surface area contributed by atoms with E-state index in [0.29, 0.717) is 0 Å². The van der Waals surface area contributed by atoms with Gasteiger partial charge in [-0.25, -0.2) is 0 Å². The maximum atomic E-state index is 11.3. The summed E-state index contributed by atoms with van der Waals surface area (Å²) in [5.74, 6) is -0.107. The minimum atomic E-state index is -0.111. The molecule has 1 N–H and O–H groups in total. The van der Waals surface area contributed by atoms with Crippen molar-refractivity contribution in [1.29, 1.82) is 0 Å². The van der Waals surface area contributed by atoms with Crippen molar-refractivity contribution in [1.82, 2.24) is 10.2 Å². The van der Waals surface area contributed by atoms with Crippen molar-refractivity contribution in [3.63, 3.8) is 0 Å². The zero-order valence-electron chi connectivity index (χ0n) is 7.84. The van der Waals surface area contributed by atoms with Gasteiger partial charge in [-0.05, 0) is 35.4 Å². The predicted octanol–water partition coefficient (Wildman–Crippen LogP) is 1.29. The molecule has 0 aliphatic heterocycles. The number of hydrogen-bond acceptors (Lipinski definition) is 3. The van der Waals surface area contributed by atoms with Crippen molar-refractivity contribution >= 4 is 28.6 Å². The van der Waals surface area contributed by atoms with E-state index in [4.69, 9.17) is 4.74 Å². The number of aromatic amines is 1. The third kappa shape index (κ3) is 1.65. The Balaban J connectivity index is 2.18. The van der Waals surface area contributed by atoms with Crippen LogP contribution in [0.5, 0.6) is 0 Å². The fraction of sp³-hybridized carbons (Fsp3) is 0.556. The molecule has 1 aromatic rings. The zero-order chi connectivity index (χ0) is 10.1. The minimum Gasteiger partial charge on any atom is -0.469 e. The Bertz CT molecular complexity index is 362. The molecule has 0 bridgehead atoms. The van der Waals surface area contributed by atoms with Crippen LogP contribution in [0.2, 0.25) is 0 Å². The first-order chi connectivity index (χ1) is 6.72. The number of nitrogens with zero attached hydrogens (tertiary/aromatic N) is 1. The van der Waals surface area contributed by atoms with Crippen LogP contribution in [0.3, 0.4) is 0 Å². The van der Waals surface area contributed by atoms with Crippen molar-refractivity contribution in [2.75, 3.05) is 7.11 Å². The number of halogens is 1. The van der Waals surface area contributed by atoms with Gasteiger partial charge in [0.1, 0.15) is 3.70 Å². The summed E-state index contributed by atoms with van der Waals surface area (Å²) in [5.41, 5.74) is 2.36. The van der Waals surface area contributed by atoms with Crippen molar-refractivity contribution < 1.29 is 9.53 Å². The van der Waals surface area contributed by atoms with Gasteiger partial charge in [-0.2, -0.15) is 5.10 Å². The summed E-state index contributed by atoms with van der Waals surface area (Å²) in [4.78, 5) is 11.3. The summed E-state index contributed by atoms with van der Waals surface area (Å²) in [6, 6.07) is 0. The number of nitrogens with one attached hydrogen (secondary N) is 1. The molecule has 0 radical (unpaired) electrons. The summed E-state index contributed by atoms with van der Waals surface area (Å²) in [6.07, 6.45) is 2.52. The second kappa shape index (κ2) is 3.88. The average Bonchev–Trinajstić information content (AvgIpc) is 2.59. The molecular weight excluding hydrogens is 295 g/mol. The molecule has 0 unspecified atom stereocenters. The van der Waals surface area contributed by atoms with E-state index in [2.05, 4.69) is 32.8 Å². The van der Waals surface area contributed by atoms with Crippen LogP contribution >= 0.6 is 22.6 Å². The fourth-order valence-electron chi connectivity index (χ4n) is 1.83. The van der Waals surface area contributed by atoms with Gasteiger partial charge in [0.15, 0.2) is 0 Å². The number of rotatable bonds is 1. The van der Waals surface area contributed by atoms with Crippen molar-refractivity contribution in [3.8, 4) is 0 Å². The largest absolute Gasteiger partial charge is 0.469 e. The number of carbonyl (C=O) groups excluding carboxylic acids is 1. The van der Waals surface area contributed by atoms with Gasteiger partial charge in [0.2, 0.25) is 0 Å². The number of methoxy groups -OCH3 is 1. The van der Waals surface area contributed by atoms with E-state index in [1.165, 1.54) is 12.7 Å². The molecular formula is C9H11IN2O2. The first-order valence-corrected chi connectivity index (χ1v) is 5.59. The highest BCUT2D eigenvalue weighted by atomic mass is 127. The molecule has 5 heteroatoms. The normalized spacial score (nSPS) is 20.3. The Morgan fingerprint density at radius 2 is 2.50 bits per heavy atom. The van der Waals surface area contributed by atoms with E-state index in [9.17, 15) is 4.79 Å². The van der Waals surface area contributed by atoms with E-state index in [0.717, 1.165) is 28.7 Å². The van der Waals surface area contributed by atoms with Crippen molar-refractivity contribution in [2.45, 2.75) is 19.3 Å². The van der Waals surface area contributed by atoms with Gasteiger partial charge in [-0.15, -0.1) is 0 Å². The van der Waals surface area contributed by atoms with Crippen LogP contribution in [0, 0.1) is 9.62 Å². The van der Waals surface area contributed by atoms with Crippen LogP contribution < -0.4 is 0 Å². The molecule has 14 heavy (non-hydrogen) atoms. The zero-order valence-corrected chi connectivity index (χ0v) is 10.00. The first-order valence-electron chi connectivity index (χ1n) is 4.51. The topological polar surface area (TPSA) is 55.0 Å². The highest BCUT2D eigenvalue weighted by molar-refractivity contribution is 14.1. The standard InChI is InChI=1S/C9H11IN2O2/c1-14-9(13)5-2-3-6-7(4-5)11-12-8(6)10/h5H,2-4H2,1H3,(H,11,12)/t5-/m1/s1. The molecule has 0 amide bonds. The third-order valence-corrected chi connectivity index (χ3v) is 3.52. The molecule has 0 saturated carbocycles. The van der Waals surface area contributed by atoms with E-state index >= 15 is 0 Å². The van der Waals surface area contributed by atoms with E-state index in [1.807, 2.05) is 0 Å². The number of fused-ring (bicyclic) bond motifs is 1. The minimum absolute atomic E-state index is 0.00347. The van der Waals surface area contributed by atoms with Gasteiger partial charge >= 0.3 is 5.97 Å². The average molecular weight is 306 g/mol. The second-order valence-electron chi connectivity index (χ2n) is 3.43. The number of aromatic nitrogens is 2. The monoisotopic (exact) mass is 306 g/mol. The molecule has 4 nitrogen and oxygen atoms in total. The third-order valence-electron chi connectivity index (χ3n) is 2.63. The molecule has 0 aromatic carbocycles.